The molecule has 0 bridgehead atoms. The zero-order chi connectivity index (χ0) is 9.80. The molecule has 0 aliphatic rings. The molecule has 0 unspecified atom stereocenters. The van der Waals surface area contributed by atoms with Gasteiger partial charge in [0, 0.05) is 5.75 Å². The molecule has 0 amide bonds. The molecule has 1 heterocycles. The first-order chi connectivity index (χ1) is 6.92. The van der Waals surface area contributed by atoms with E-state index in [2.05, 4.69) is 28.0 Å². The standard InChI is InChI=1S/C11H14N2S/c1-2-3-8-14-13-9-12-10-6-4-5-7-11(10)13/h4-7,9H,2-3,8H2,1H3. The van der Waals surface area contributed by atoms with Gasteiger partial charge in [0.2, 0.25) is 0 Å². The highest BCUT2D eigenvalue weighted by Crippen LogP contribution is 2.18. The summed E-state index contributed by atoms with van der Waals surface area (Å²) in [6.45, 7) is 2.21. The fourth-order valence-corrected chi connectivity index (χ4v) is 2.37. The summed E-state index contributed by atoms with van der Waals surface area (Å²) in [7, 11) is 0. The van der Waals surface area contributed by atoms with Crippen molar-refractivity contribution in [1.82, 2.24) is 8.96 Å². The minimum atomic E-state index is 1.08. The van der Waals surface area contributed by atoms with Crippen LogP contribution in [0.1, 0.15) is 19.8 Å². The highest BCUT2D eigenvalue weighted by molar-refractivity contribution is 7.97. The molecule has 0 N–H and O–H groups in total. The van der Waals surface area contributed by atoms with Gasteiger partial charge in [0.15, 0.2) is 0 Å². The van der Waals surface area contributed by atoms with Crippen LogP contribution in [0.3, 0.4) is 0 Å². The molecular weight excluding hydrogens is 192 g/mol. The fraction of sp³-hybridized carbons (Fsp3) is 0.364. The molecule has 2 aromatic rings. The molecule has 0 radical (unpaired) electrons. The number of fused-ring (bicyclic) bond motifs is 1. The van der Waals surface area contributed by atoms with Gasteiger partial charge in [-0.3, -0.25) is 3.97 Å². The van der Waals surface area contributed by atoms with Crippen molar-refractivity contribution in [1.29, 1.82) is 0 Å². The van der Waals surface area contributed by atoms with Crippen LogP contribution in [0.15, 0.2) is 30.6 Å². The average Bonchev–Trinajstić information content (AvgIpc) is 2.63. The number of rotatable bonds is 4. The Hall–Kier alpha value is -0.960. The first-order valence-electron chi connectivity index (χ1n) is 4.97. The van der Waals surface area contributed by atoms with Crippen LogP contribution in [0.4, 0.5) is 0 Å². The molecule has 2 nitrogen and oxygen atoms in total. The van der Waals surface area contributed by atoms with E-state index in [4.69, 9.17) is 0 Å². The summed E-state index contributed by atoms with van der Waals surface area (Å²) in [5.41, 5.74) is 2.30. The van der Waals surface area contributed by atoms with Gasteiger partial charge in [0.25, 0.3) is 0 Å². The Morgan fingerprint density at radius 3 is 3.07 bits per heavy atom. The Morgan fingerprint density at radius 1 is 1.36 bits per heavy atom. The van der Waals surface area contributed by atoms with E-state index < -0.39 is 0 Å². The number of hydrogen-bond acceptors (Lipinski definition) is 2. The lowest BCUT2D eigenvalue weighted by Crippen LogP contribution is -1.86. The van der Waals surface area contributed by atoms with Gasteiger partial charge in [-0.25, -0.2) is 4.98 Å². The summed E-state index contributed by atoms with van der Waals surface area (Å²) < 4.78 is 2.16. The van der Waals surface area contributed by atoms with E-state index in [0.717, 1.165) is 11.3 Å². The van der Waals surface area contributed by atoms with Gasteiger partial charge in [-0.2, -0.15) is 0 Å². The largest absolute Gasteiger partial charge is 0.272 e. The summed E-state index contributed by atoms with van der Waals surface area (Å²) >= 11 is 1.84. The predicted octanol–water partition coefficient (Wildman–Crippen LogP) is 3.33. The van der Waals surface area contributed by atoms with Crippen molar-refractivity contribution in [2.24, 2.45) is 0 Å². The minimum Gasteiger partial charge on any atom is -0.272 e. The number of hydrogen-bond donors (Lipinski definition) is 0. The molecule has 0 fully saturated rings. The number of nitrogens with zero attached hydrogens (tertiary/aromatic N) is 2. The molecule has 0 saturated heterocycles. The molecule has 2 rings (SSSR count). The number of imidazole rings is 1. The van der Waals surface area contributed by atoms with Crippen LogP contribution in [0.5, 0.6) is 0 Å². The van der Waals surface area contributed by atoms with Gasteiger partial charge in [0.1, 0.15) is 6.33 Å². The summed E-state index contributed by atoms with van der Waals surface area (Å²) in [6.07, 6.45) is 4.42. The Kier molecular flexibility index (Phi) is 3.09. The van der Waals surface area contributed by atoms with Gasteiger partial charge < -0.3 is 0 Å². The Labute approximate surface area is 88.5 Å². The molecule has 74 valence electrons. The van der Waals surface area contributed by atoms with Crippen LogP contribution < -0.4 is 0 Å². The van der Waals surface area contributed by atoms with Crippen molar-refractivity contribution >= 4 is 23.0 Å². The smallest absolute Gasteiger partial charge is 0.106 e. The lowest BCUT2D eigenvalue weighted by molar-refractivity contribution is 0.894. The third-order valence-corrected chi connectivity index (χ3v) is 3.19. The zero-order valence-electron chi connectivity index (χ0n) is 8.31. The van der Waals surface area contributed by atoms with Gasteiger partial charge in [-0.15, -0.1) is 0 Å². The van der Waals surface area contributed by atoms with E-state index >= 15 is 0 Å². The van der Waals surface area contributed by atoms with Crippen LogP contribution in [0.25, 0.3) is 11.0 Å². The van der Waals surface area contributed by atoms with Gasteiger partial charge in [0.05, 0.1) is 11.0 Å². The first-order valence-corrected chi connectivity index (χ1v) is 5.91. The van der Waals surface area contributed by atoms with Gasteiger partial charge >= 0.3 is 0 Å². The van der Waals surface area contributed by atoms with Crippen LogP contribution in [-0.2, 0) is 0 Å². The monoisotopic (exact) mass is 206 g/mol. The molecule has 0 saturated carbocycles. The van der Waals surface area contributed by atoms with E-state index in [9.17, 15) is 0 Å². The van der Waals surface area contributed by atoms with Gasteiger partial charge in [-0.05, 0) is 30.5 Å². The molecule has 0 aliphatic heterocycles. The quantitative estimate of drug-likeness (QED) is 0.714. The van der Waals surface area contributed by atoms with E-state index in [1.54, 1.807) is 0 Å². The van der Waals surface area contributed by atoms with E-state index in [1.165, 1.54) is 18.4 Å². The van der Waals surface area contributed by atoms with Crippen LogP contribution in [-0.4, -0.2) is 14.7 Å². The SMILES string of the molecule is CCCCSn1cnc2ccccc21. The van der Waals surface area contributed by atoms with E-state index in [1.807, 2.05) is 30.4 Å². The van der Waals surface area contributed by atoms with Crippen molar-refractivity contribution in [3.8, 4) is 0 Å². The number of benzene rings is 1. The highest BCUT2D eigenvalue weighted by atomic mass is 32.2. The molecule has 0 atom stereocenters. The summed E-state index contributed by atoms with van der Waals surface area (Å²) in [4.78, 5) is 4.34. The molecule has 1 aromatic carbocycles. The zero-order valence-corrected chi connectivity index (χ0v) is 9.13. The number of aromatic nitrogens is 2. The first kappa shape index (κ1) is 9.59. The second kappa shape index (κ2) is 4.51. The van der Waals surface area contributed by atoms with Crippen LogP contribution in [0, 0.1) is 0 Å². The summed E-state index contributed by atoms with van der Waals surface area (Å²) in [5.74, 6) is 1.16. The van der Waals surface area contributed by atoms with Crippen molar-refractivity contribution in [2.75, 3.05) is 5.75 Å². The van der Waals surface area contributed by atoms with E-state index in [-0.39, 0.29) is 0 Å². The Balaban J connectivity index is 2.17. The van der Waals surface area contributed by atoms with Crippen molar-refractivity contribution < 1.29 is 0 Å². The molecular formula is C11H14N2S. The third kappa shape index (κ3) is 1.93. The van der Waals surface area contributed by atoms with Crippen molar-refractivity contribution in [2.45, 2.75) is 19.8 Å². The minimum absolute atomic E-state index is 1.08. The molecule has 0 aliphatic carbocycles. The predicted molar refractivity (Wildman–Crippen MR) is 62.5 cm³/mol. The lowest BCUT2D eigenvalue weighted by atomic mass is 10.3. The fourth-order valence-electron chi connectivity index (χ4n) is 1.35. The third-order valence-electron chi connectivity index (χ3n) is 2.15. The normalized spacial score (nSPS) is 10.9. The topological polar surface area (TPSA) is 17.8 Å². The van der Waals surface area contributed by atoms with Crippen molar-refractivity contribution in [3.63, 3.8) is 0 Å². The van der Waals surface area contributed by atoms with Crippen LogP contribution in [0.2, 0.25) is 0 Å². The second-order valence-corrected chi connectivity index (χ2v) is 4.31. The summed E-state index contributed by atoms with van der Waals surface area (Å²) in [6, 6.07) is 8.24. The lowest BCUT2D eigenvalue weighted by Gasteiger charge is -2.01. The maximum Gasteiger partial charge on any atom is 0.106 e. The van der Waals surface area contributed by atoms with Crippen LogP contribution >= 0.6 is 11.9 Å². The maximum atomic E-state index is 4.34. The number of para-hydroxylation sites is 2. The molecule has 3 heteroatoms. The van der Waals surface area contributed by atoms with E-state index in [0.29, 0.717) is 0 Å². The molecule has 0 spiro atoms. The molecule has 14 heavy (non-hydrogen) atoms. The average molecular weight is 206 g/mol. The Morgan fingerprint density at radius 2 is 2.21 bits per heavy atom. The second-order valence-electron chi connectivity index (χ2n) is 3.25. The van der Waals surface area contributed by atoms with Gasteiger partial charge in [-0.1, -0.05) is 25.5 Å². The Bertz CT molecular complexity index is 408. The highest BCUT2D eigenvalue weighted by Gasteiger charge is 2.00. The maximum absolute atomic E-state index is 4.34. The van der Waals surface area contributed by atoms with Crippen molar-refractivity contribution in [3.05, 3.63) is 30.6 Å². The summed E-state index contributed by atoms with van der Waals surface area (Å²) in [5, 5.41) is 0. The molecule has 1 aromatic heterocycles. The number of unbranched alkanes of at least 4 members (excludes halogenated alkanes) is 1.